The predicted octanol–water partition coefficient (Wildman–Crippen LogP) is 2.75. The molecular formula is C17H26N2O. The van der Waals surface area contributed by atoms with E-state index >= 15 is 0 Å². The zero-order valence-corrected chi connectivity index (χ0v) is 12.6. The van der Waals surface area contributed by atoms with Gasteiger partial charge in [0.15, 0.2) is 0 Å². The van der Waals surface area contributed by atoms with Gasteiger partial charge < -0.3 is 4.90 Å². The van der Waals surface area contributed by atoms with Crippen LogP contribution in [-0.4, -0.2) is 37.6 Å². The average Bonchev–Trinajstić information content (AvgIpc) is 2.69. The summed E-state index contributed by atoms with van der Waals surface area (Å²) in [6.45, 7) is 7.54. The Kier molecular flexibility index (Phi) is 6.06. The Morgan fingerprint density at radius 2 is 1.70 bits per heavy atom. The second-order valence-electron chi connectivity index (χ2n) is 5.55. The Labute approximate surface area is 122 Å². The Bertz CT molecular complexity index is 453. The van der Waals surface area contributed by atoms with Gasteiger partial charge in [-0.2, -0.15) is 0 Å². The summed E-state index contributed by atoms with van der Waals surface area (Å²) in [6, 6.07) is 9.28. The maximum Gasteiger partial charge on any atom is 0.201 e. The van der Waals surface area contributed by atoms with Gasteiger partial charge in [0, 0.05) is 26.2 Å². The van der Waals surface area contributed by atoms with Crippen molar-refractivity contribution in [2.75, 3.05) is 37.6 Å². The third-order valence-corrected chi connectivity index (χ3v) is 4.02. The minimum absolute atomic E-state index is 0.131. The average molecular weight is 274 g/mol. The number of rotatable bonds is 6. The van der Waals surface area contributed by atoms with Gasteiger partial charge in [-0.3, -0.25) is 9.69 Å². The van der Waals surface area contributed by atoms with Crippen LogP contribution in [0.1, 0.15) is 32.6 Å². The van der Waals surface area contributed by atoms with Gasteiger partial charge in [-0.15, -0.1) is 0 Å². The van der Waals surface area contributed by atoms with E-state index in [1.807, 2.05) is 24.3 Å². The first-order valence-corrected chi connectivity index (χ1v) is 7.88. The smallest absolute Gasteiger partial charge is 0.201 e. The normalized spacial score (nSPS) is 16.4. The minimum atomic E-state index is 0.131. The van der Waals surface area contributed by atoms with Crippen molar-refractivity contribution >= 4 is 5.69 Å². The zero-order valence-electron chi connectivity index (χ0n) is 12.6. The Hall–Kier alpha value is -1.35. The van der Waals surface area contributed by atoms with Crippen LogP contribution in [0.5, 0.6) is 0 Å². The van der Waals surface area contributed by atoms with Crippen LogP contribution in [0.25, 0.3) is 0 Å². The molecule has 0 atom stereocenters. The number of unbranched alkanes of at least 4 members (excludes halogenated alkanes) is 3. The van der Waals surface area contributed by atoms with E-state index in [0.29, 0.717) is 0 Å². The van der Waals surface area contributed by atoms with Crippen molar-refractivity contribution < 1.29 is 0 Å². The van der Waals surface area contributed by atoms with E-state index in [4.69, 9.17) is 0 Å². The second-order valence-corrected chi connectivity index (χ2v) is 5.55. The molecule has 0 radical (unpaired) electrons. The highest BCUT2D eigenvalue weighted by Crippen LogP contribution is 2.11. The van der Waals surface area contributed by atoms with Crippen LogP contribution in [0.3, 0.4) is 0 Å². The van der Waals surface area contributed by atoms with Crippen molar-refractivity contribution in [1.82, 2.24) is 4.90 Å². The van der Waals surface area contributed by atoms with Crippen LogP contribution >= 0.6 is 0 Å². The van der Waals surface area contributed by atoms with Crippen LogP contribution < -0.4 is 10.3 Å². The van der Waals surface area contributed by atoms with Gasteiger partial charge in [0.25, 0.3) is 0 Å². The first kappa shape index (κ1) is 15.0. The van der Waals surface area contributed by atoms with E-state index in [2.05, 4.69) is 16.7 Å². The first-order chi connectivity index (χ1) is 9.81. The Morgan fingerprint density at radius 3 is 2.45 bits per heavy atom. The van der Waals surface area contributed by atoms with Gasteiger partial charge >= 0.3 is 0 Å². The van der Waals surface area contributed by atoms with Crippen LogP contribution in [0.4, 0.5) is 5.69 Å². The first-order valence-electron chi connectivity index (χ1n) is 7.88. The van der Waals surface area contributed by atoms with Crippen LogP contribution in [0.15, 0.2) is 35.1 Å². The molecule has 1 fully saturated rings. The molecular weight excluding hydrogens is 248 g/mol. The zero-order chi connectivity index (χ0) is 14.2. The molecule has 0 N–H and O–H groups in total. The van der Waals surface area contributed by atoms with Crippen molar-refractivity contribution in [2.24, 2.45) is 0 Å². The molecule has 110 valence electrons. The molecule has 2 rings (SSSR count). The molecule has 3 nitrogen and oxygen atoms in total. The molecule has 1 aliphatic heterocycles. The summed E-state index contributed by atoms with van der Waals surface area (Å²) >= 11 is 0. The molecule has 0 amide bonds. The van der Waals surface area contributed by atoms with Gasteiger partial charge in [-0.25, -0.2) is 0 Å². The number of anilines is 1. The van der Waals surface area contributed by atoms with Crippen molar-refractivity contribution in [2.45, 2.75) is 32.6 Å². The van der Waals surface area contributed by atoms with Crippen molar-refractivity contribution in [1.29, 1.82) is 0 Å². The fraction of sp³-hybridized carbons (Fsp3) is 0.588. The molecule has 0 spiro atoms. The van der Waals surface area contributed by atoms with Gasteiger partial charge in [0.05, 0.1) is 5.69 Å². The van der Waals surface area contributed by atoms with Crippen LogP contribution in [-0.2, 0) is 0 Å². The highest BCUT2D eigenvalue weighted by Gasteiger charge is 2.17. The molecule has 1 aromatic rings. The summed E-state index contributed by atoms with van der Waals surface area (Å²) in [5, 5.41) is 0. The third kappa shape index (κ3) is 4.34. The summed E-state index contributed by atoms with van der Waals surface area (Å²) in [5.74, 6) is 0. The number of hydrogen-bond acceptors (Lipinski definition) is 3. The van der Waals surface area contributed by atoms with Crippen molar-refractivity contribution in [3.8, 4) is 0 Å². The summed E-state index contributed by atoms with van der Waals surface area (Å²) in [5.41, 5.74) is 0.979. The van der Waals surface area contributed by atoms with Crippen molar-refractivity contribution in [3.05, 3.63) is 40.6 Å². The number of hydrogen-bond donors (Lipinski definition) is 0. The van der Waals surface area contributed by atoms with Gasteiger partial charge in [0.1, 0.15) is 0 Å². The molecule has 1 heterocycles. The van der Waals surface area contributed by atoms with E-state index in [9.17, 15) is 4.79 Å². The summed E-state index contributed by atoms with van der Waals surface area (Å²) in [6.07, 6.45) is 5.29. The lowest BCUT2D eigenvalue weighted by molar-refractivity contribution is 0.252. The van der Waals surface area contributed by atoms with E-state index in [-0.39, 0.29) is 5.43 Å². The predicted molar refractivity (Wildman–Crippen MR) is 85.5 cm³/mol. The fourth-order valence-electron chi connectivity index (χ4n) is 2.76. The summed E-state index contributed by atoms with van der Waals surface area (Å²) in [4.78, 5) is 16.7. The number of nitrogens with zero attached hydrogens (tertiary/aromatic N) is 2. The largest absolute Gasteiger partial charge is 0.366 e. The minimum Gasteiger partial charge on any atom is -0.366 e. The maximum absolute atomic E-state index is 12.0. The summed E-state index contributed by atoms with van der Waals surface area (Å²) in [7, 11) is 0. The van der Waals surface area contributed by atoms with E-state index in [1.54, 1.807) is 6.07 Å². The van der Waals surface area contributed by atoms with Gasteiger partial charge in [-0.05, 0) is 25.1 Å². The standard InChI is InChI=1S/C17H26N2O/c1-2-3-4-8-11-18-12-14-19(15-13-18)16-9-6-5-7-10-17(16)20/h5-7,9-10H,2-4,8,11-15H2,1H3. The lowest BCUT2D eigenvalue weighted by atomic mass is 10.2. The lowest BCUT2D eigenvalue weighted by Crippen LogP contribution is -2.47. The fourth-order valence-corrected chi connectivity index (χ4v) is 2.76. The molecule has 3 heteroatoms. The Balaban J connectivity index is 1.82. The van der Waals surface area contributed by atoms with Crippen molar-refractivity contribution in [3.63, 3.8) is 0 Å². The molecule has 0 aromatic heterocycles. The molecule has 0 aliphatic carbocycles. The van der Waals surface area contributed by atoms with Gasteiger partial charge in [-0.1, -0.05) is 44.4 Å². The molecule has 0 unspecified atom stereocenters. The molecule has 1 aromatic carbocycles. The molecule has 1 aliphatic rings. The van der Waals surface area contributed by atoms with Crippen LogP contribution in [0.2, 0.25) is 0 Å². The van der Waals surface area contributed by atoms with Crippen LogP contribution in [0, 0.1) is 0 Å². The molecule has 0 saturated carbocycles. The third-order valence-electron chi connectivity index (χ3n) is 4.02. The van der Waals surface area contributed by atoms with E-state index in [0.717, 1.165) is 31.9 Å². The van der Waals surface area contributed by atoms with E-state index < -0.39 is 0 Å². The number of piperazine rings is 1. The monoisotopic (exact) mass is 274 g/mol. The topological polar surface area (TPSA) is 23.6 Å². The van der Waals surface area contributed by atoms with E-state index in [1.165, 1.54) is 32.2 Å². The lowest BCUT2D eigenvalue weighted by Gasteiger charge is -2.35. The Morgan fingerprint density at radius 1 is 0.950 bits per heavy atom. The van der Waals surface area contributed by atoms with Gasteiger partial charge in [0.2, 0.25) is 5.43 Å². The molecule has 20 heavy (non-hydrogen) atoms. The SMILES string of the molecule is CCCCCCN1CCN(c2cccccc2=O)CC1. The maximum atomic E-state index is 12.0. The highest BCUT2D eigenvalue weighted by atomic mass is 16.1. The summed E-state index contributed by atoms with van der Waals surface area (Å²) < 4.78 is 0. The quantitative estimate of drug-likeness (QED) is 0.745. The molecule has 0 bridgehead atoms. The highest BCUT2D eigenvalue weighted by molar-refractivity contribution is 5.45. The molecule has 1 saturated heterocycles. The second kappa shape index (κ2) is 8.05.